The number of fused-ring (bicyclic) bond motifs is 1. The molecule has 3 aromatic heterocycles. The lowest BCUT2D eigenvalue weighted by Gasteiger charge is -2.31. The average molecular weight is 445 g/mol. The largest absolute Gasteiger partial charge is 0.346 e. The minimum Gasteiger partial charge on any atom is -0.346 e. The van der Waals surface area contributed by atoms with Crippen LogP contribution < -0.4 is 5.32 Å². The van der Waals surface area contributed by atoms with E-state index >= 15 is 0 Å². The molecule has 0 aliphatic carbocycles. The number of thioether (sulfide) groups is 1. The summed E-state index contributed by atoms with van der Waals surface area (Å²) in [5.41, 5.74) is 1.94. The Morgan fingerprint density at radius 3 is 2.90 bits per heavy atom. The third-order valence-corrected chi connectivity index (χ3v) is 7.06. The molecule has 160 valence electrons. The molecule has 1 saturated heterocycles. The van der Waals surface area contributed by atoms with Crippen LogP contribution in [0.3, 0.4) is 0 Å². The van der Waals surface area contributed by atoms with Crippen LogP contribution in [0.25, 0.3) is 5.65 Å². The highest BCUT2D eigenvalue weighted by atomic mass is 32.2. The second-order valence-corrected chi connectivity index (χ2v) is 9.79. The number of hydrogen-bond acceptors (Lipinski definition) is 7. The van der Waals surface area contributed by atoms with Gasteiger partial charge < -0.3 is 5.32 Å². The summed E-state index contributed by atoms with van der Waals surface area (Å²) in [6.07, 6.45) is 6.64. The molecular weight excluding hydrogens is 416 g/mol. The Morgan fingerprint density at radius 1 is 1.33 bits per heavy atom. The zero-order chi connectivity index (χ0) is 20.9. The molecule has 0 radical (unpaired) electrons. The zero-order valence-electron chi connectivity index (χ0n) is 17.5. The van der Waals surface area contributed by atoms with Gasteiger partial charge in [0.1, 0.15) is 0 Å². The predicted molar refractivity (Wildman–Crippen MR) is 122 cm³/mol. The van der Waals surface area contributed by atoms with Gasteiger partial charge in [-0.25, -0.2) is 4.98 Å². The van der Waals surface area contributed by atoms with Crippen molar-refractivity contribution in [1.29, 1.82) is 0 Å². The van der Waals surface area contributed by atoms with Crippen molar-refractivity contribution in [3.63, 3.8) is 0 Å². The van der Waals surface area contributed by atoms with E-state index in [9.17, 15) is 4.79 Å². The molecular formula is C21H28N6OS2. The zero-order valence-corrected chi connectivity index (χ0v) is 19.1. The van der Waals surface area contributed by atoms with E-state index < -0.39 is 0 Å². The Balaban J connectivity index is 1.37. The number of nitrogens with one attached hydrogen (secondary N) is 1. The van der Waals surface area contributed by atoms with Crippen molar-refractivity contribution in [1.82, 2.24) is 29.8 Å². The van der Waals surface area contributed by atoms with Crippen molar-refractivity contribution in [2.75, 3.05) is 25.1 Å². The van der Waals surface area contributed by atoms with E-state index in [4.69, 9.17) is 0 Å². The normalized spacial score (nSPS) is 16.7. The summed E-state index contributed by atoms with van der Waals surface area (Å²) in [6, 6.07) is 5.72. The molecule has 4 rings (SSSR count). The maximum Gasteiger partial charge on any atom is 0.223 e. The summed E-state index contributed by atoms with van der Waals surface area (Å²) in [5, 5.41) is 15.2. The first-order valence-electron chi connectivity index (χ1n) is 10.4. The number of aryl methyl sites for hydroxylation is 1. The highest BCUT2D eigenvalue weighted by Crippen LogP contribution is 2.23. The van der Waals surface area contributed by atoms with Crippen LogP contribution in [0.5, 0.6) is 0 Å². The van der Waals surface area contributed by atoms with Crippen LogP contribution in [0.15, 0.2) is 29.8 Å². The lowest BCUT2D eigenvalue weighted by atomic mass is 9.95. The van der Waals surface area contributed by atoms with Crippen LogP contribution >= 0.6 is 23.1 Å². The number of pyridine rings is 1. The molecule has 1 amide bonds. The number of rotatable bonds is 8. The van der Waals surface area contributed by atoms with Gasteiger partial charge >= 0.3 is 0 Å². The van der Waals surface area contributed by atoms with Gasteiger partial charge in [-0.2, -0.15) is 11.8 Å². The summed E-state index contributed by atoms with van der Waals surface area (Å²) in [7, 11) is 0. The van der Waals surface area contributed by atoms with E-state index in [1.54, 1.807) is 23.1 Å². The number of nitrogens with zero attached hydrogens (tertiary/aromatic N) is 5. The van der Waals surface area contributed by atoms with Crippen molar-refractivity contribution >= 4 is 34.7 Å². The molecule has 0 aromatic carbocycles. The smallest absolute Gasteiger partial charge is 0.223 e. The van der Waals surface area contributed by atoms with Gasteiger partial charge in [-0.3, -0.25) is 14.1 Å². The lowest BCUT2D eigenvalue weighted by molar-refractivity contribution is -0.127. The first-order chi connectivity index (χ1) is 14.6. The third-order valence-electron chi connectivity index (χ3n) is 5.59. The van der Waals surface area contributed by atoms with E-state index in [-0.39, 0.29) is 17.9 Å². The Bertz CT molecular complexity index is 979. The highest BCUT2D eigenvalue weighted by Gasteiger charge is 2.28. The molecule has 1 unspecified atom stereocenters. The van der Waals surface area contributed by atoms with E-state index in [2.05, 4.69) is 37.0 Å². The Morgan fingerprint density at radius 2 is 2.17 bits per heavy atom. The summed E-state index contributed by atoms with van der Waals surface area (Å²) in [5.74, 6) is 1.95. The van der Waals surface area contributed by atoms with Gasteiger partial charge in [0.05, 0.1) is 16.7 Å². The fraction of sp³-hybridized carbons (Fsp3) is 0.524. The standard InChI is InChI=1S/C21H28N6OS2/c1-15-22-17(14-30-15)13-26-10-6-16(7-11-26)21(28)23-18(8-12-29-2)20-25-24-19-5-3-4-9-27(19)20/h3-5,9,14,16,18H,6-8,10-13H2,1-2H3,(H,23,28). The molecule has 1 N–H and O–H groups in total. The number of carbonyl (C=O) groups is 1. The summed E-state index contributed by atoms with van der Waals surface area (Å²) in [6.45, 7) is 4.77. The summed E-state index contributed by atoms with van der Waals surface area (Å²) < 4.78 is 1.98. The van der Waals surface area contributed by atoms with Crippen LogP contribution in [-0.4, -0.2) is 55.5 Å². The van der Waals surface area contributed by atoms with Gasteiger partial charge in [-0.1, -0.05) is 6.07 Å². The topological polar surface area (TPSA) is 75.4 Å². The molecule has 0 saturated carbocycles. The summed E-state index contributed by atoms with van der Waals surface area (Å²) in [4.78, 5) is 20.0. The number of likely N-dealkylation sites (tertiary alicyclic amines) is 1. The molecule has 0 bridgehead atoms. The van der Waals surface area contributed by atoms with Crippen LogP contribution in [0, 0.1) is 12.8 Å². The van der Waals surface area contributed by atoms with Crippen LogP contribution in [-0.2, 0) is 11.3 Å². The predicted octanol–water partition coefficient (Wildman–Crippen LogP) is 3.32. The molecule has 4 heterocycles. The van der Waals surface area contributed by atoms with Crippen molar-refractivity contribution < 1.29 is 4.79 Å². The minimum atomic E-state index is -0.127. The van der Waals surface area contributed by atoms with Gasteiger partial charge in [0.25, 0.3) is 0 Å². The fourth-order valence-corrected chi connectivity index (χ4v) is 5.03. The molecule has 1 atom stereocenters. The van der Waals surface area contributed by atoms with Crippen molar-refractivity contribution in [2.45, 2.75) is 38.8 Å². The number of thiazole rings is 1. The van der Waals surface area contributed by atoms with Gasteiger partial charge in [0, 0.05) is 24.0 Å². The van der Waals surface area contributed by atoms with Crippen LogP contribution in [0.2, 0.25) is 0 Å². The van der Waals surface area contributed by atoms with Gasteiger partial charge in [-0.05, 0) is 63.4 Å². The molecule has 9 heteroatoms. The quantitative estimate of drug-likeness (QED) is 0.574. The van der Waals surface area contributed by atoms with Crippen LogP contribution in [0.4, 0.5) is 0 Å². The fourth-order valence-electron chi connectivity index (χ4n) is 3.95. The third kappa shape index (κ3) is 5.01. The minimum absolute atomic E-state index is 0.0504. The lowest BCUT2D eigenvalue weighted by Crippen LogP contribution is -2.41. The second-order valence-electron chi connectivity index (χ2n) is 7.74. The maximum atomic E-state index is 13.1. The molecule has 3 aromatic rings. The number of carbonyl (C=O) groups excluding carboxylic acids is 1. The van der Waals surface area contributed by atoms with Crippen molar-refractivity contribution in [3.8, 4) is 0 Å². The van der Waals surface area contributed by atoms with E-state index in [1.165, 1.54) is 0 Å². The SMILES string of the molecule is CSCCC(NC(=O)C1CCN(Cc2csc(C)n2)CC1)c1nnc2ccccn12. The molecule has 0 spiro atoms. The van der Waals surface area contributed by atoms with Crippen molar-refractivity contribution in [3.05, 3.63) is 46.3 Å². The second kappa shape index (κ2) is 9.89. The Labute approximate surface area is 185 Å². The molecule has 30 heavy (non-hydrogen) atoms. The number of piperidine rings is 1. The van der Waals surface area contributed by atoms with Gasteiger partial charge in [0.15, 0.2) is 11.5 Å². The van der Waals surface area contributed by atoms with E-state index in [0.29, 0.717) is 0 Å². The average Bonchev–Trinajstić information content (AvgIpc) is 3.37. The summed E-state index contributed by atoms with van der Waals surface area (Å²) >= 11 is 3.47. The molecule has 1 aliphatic rings. The number of amides is 1. The van der Waals surface area contributed by atoms with E-state index in [1.807, 2.05) is 35.7 Å². The molecule has 1 aliphatic heterocycles. The van der Waals surface area contributed by atoms with Gasteiger partial charge in [-0.15, -0.1) is 21.5 Å². The first kappa shape index (κ1) is 21.3. The maximum absolute atomic E-state index is 13.1. The molecule has 1 fully saturated rings. The Hall–Kier alpha value is -1.97. The van der Waals surface area contributed by atoms with Crippen molar-refractivity contribution in [2.24, 2.45) is 5.92 Å². The molecule has 7 nitrogen and oxygen atoms in total. The number of aromatic nitrogens is 4. The van der Waals surface area contributed by atoms with Gasteiger partial charge in [0.2, 0.25) is 5.91 Å². The number of hydrogen-bond donors (Lipinski definition) is 1. The monoisotopic (exact) mass is 444 g/mol. The first-order valence-corrected chi connectivity index (χ1v) is 12.6. The van der Waals surface area contributed by atoms with E-state index in [0.717, 1.165) is 66.8 Å². The van der Waals surface area contributed by atoms with Crippen LogP contribution in [0.1, 0.15) is 41.8 Å². The highest BCUT2D eigenvalue weighted by molar-refractivity contribution is 7.98. The Kier molecular flexibility index (Phi) is 7.01.